The van der Waals surface area contributed by atoms with Crippen molar-refractivity contribution in [3.63, 3.8) is 0 Å². The number of hydrogen-bond donors (Lipinski definition) is 1. The largest absolute Gasteiger partial charge is 0.369 e. The summed E-state index contributed by atoms with van der Waals surface area (Å²) in [5, 5.41) is 16.2. The summed E-state index contributed by atoms with van der Waals surface area (Å²) < 4.78 is 5.37. The van der Waals surface area contributed by atoms with Gasteiger partial charge in [-0.05, 0) is 43.4 Å². The SMILES string of the molecule is CN1CCN(c2ccc(Nc3cc(-c4ccc(C#N)s4)no3)cc2)CC1. The zero-order chi connectivity index (χ0) is 17.9. The maximum absolute atomic E-state index is 8.93. The van der Waals surface area contributed by atoms with E-state index in [4.69, 9.17) is 9.78 Å². The maximum Gasteiger partial charge on any atom is 0.229 e. The Morgan fingerprint density at radius 1 is 1.12 bits per heavy atom. The predicted octanol–water partition coefficient (Wildman–Crippen LogP) is 3.77. The minimum absolute atomic E-state index is 0.583. The first-order chi connectivity index (χ1) is 12.7. The molecule has 1 aromatic carbocycles. The van der Waals surface area contributed by atoms with Gasteiger partial charge in [0, 0.05) is 43.6 Å². The van der Waals surface area contributed by atoms with E-state index in [1.807, 2.05) is 12.1 Å². The van der Waals surface area contributed by atoms with Crippen LogP contribution in [0.25, 0.3) is 10.6 Å². The molecule has 1 aliphatic rings. The Labute approximate surface area is 156 Å². The van der Waals surface area contributed by atoms with Crippen molar-refractivity contribution in [3.8, 4) is 16.6 Å². The standard InChI is InChI=1S/C19H19N5OS/c1-23-8-10-24(11-9-23)15-4-2-14(3-5-15)21-19-12-17(22-25-19)18-7-6-16(13-20)26-18/h2-7,12,21H,8-11H2,1H3. The second-order valence-electron chi connectivity index (χ2n) is 6.31. The molecule has 2 aromatic heterocycles. The van der Waals surface area contributed by atoms with Gasteiger partial charge in [-0.3, -0.25) is 0 Å². The van der Waals surface area contributed by atoms with Gasteiger partial charge in [-0.15, -0.1) is 11.3 Å². The monoisotopic (exact) mass is 365 g/mol. The average Bonchev–Trinajstić information content (AvgIpc) is 3.32. The molecule has 0 saturated carbocycles. The molecule has 1 saturated heterocycles. The number of aromatic nitrogens is 1. The van der Waals surface area contributed by atoms with E-state index >= 15 is 0 Å². The fraction of sp³-hybridized carbons (Fsp3) is 0.263. The van der Waals surface area contributed by atoms with Crippen molar-refractivity contribution in [2.24, 2.45) is 0 Å². The van der Waals surface area contributed by atoms with Gasteiger partial charge >= 0.3 is 0 Å². The third-order valence-electron chi connectivity index (χ3n) is 4.48. The Bertz CT molecular complexity index is 916. The Balaban J connectivity index is 1.42. The lowest BCUT2D eigenvalue weighted by molar-refractivity contribution is 0.313. The predicted molar refractivity (Wildman–Crippen MR) is 104 cm³/mol. The third kappa shape index (κ3) is 3.57. The Morgan fingerprint density at radius 3 is 2.58 bits per heavy atom. The van der Waals surface area contributed by atoms with Gasteiger partial charge < -0.3 is 19.6 Å². The molecule has 6 nitrogen and oxygen atoms in total. The summed E-state index contributed by atoms with van der Waals surface area (Å²) >= 11 is 1.40. The first-order valence-corrected chi connectivity index (χ1v) is 9.30. The van der Waals surface area contributed by atoms with E-state index in [1.165, 1.54) is 17.0 Å². The maximum atomic E-state index is 8.93. The lowest BCUT2D eigenvalue weighted by Crippen LogP contribution is -2.44. The van der Waals surface area contributed by atoms with Gasteiger partial charge in [-0.1, -0.05) is 5.16 Å². The highest BCUT2D eigenvalue weighted by Crippen LogP contribution is 2.30. The van der Waals surface area contributed by atoms with E-state index in [0.29, 0.717) is 10.8 Å². The van der Waals surface area contributed by atoms with Crippen molar-refractivity contribution in [1.82, 2.24) is 10.1 Å². The van der Waals surface area contributed by atoms with Gasteiger partial charge in [-0.25, -0.2) is 0 Å². The molecule has 0 bridgehead atoms. The number of likely N-dealkylation sites (N-methyl/N-ethyl adjacent to an activating group) is 1. The quantitative estimate of drug-likeness (QED) is 0.759. The van der Waals surface area contributed by atoms with Crippen LogP contribution in [0.5, 0.6) is 0 Å². The van der Waals surface area contributed by atoms with Crippen LogP contribution in [0.15, 0.2) is 47.0 Å². The van der Waals surface area contributed by atoms with Gasteiger partial charge in [-0.2, -0.15) is 5.26 Å². The van der Waals surface area contributed by atoms with E-state index in [9.17, 15) is 0 Å². The lowest BCUT2D eigenvalue weighted by atomic mass is 10.2. The number of anilines is 3. The molecule has 4 rings (SSSR count). The molecule has 26 heavy (non-hydrogen) atoms. The highest BCUT2D eigenvalue weighted by molar-refractivity contribution is 7.15. The first kappa shape index (κ1) is 16.6. The van der Waals surface area contributed by atoms with Gasteiger partial charge in [0.05, 0.1) is 4.88 Å². The Hall–Kier alpha value is -2.82. The Morgan fingerprint density at radius 2 is 1.88 bits per heavy atom. The number of nitrogens with one attached hydrogen (secondary N) is 1. The summed E-state index contributed by atoms with van der Waals surface area (Å²) in [4.78, 5) is 6.34. The highest BCUT2D eigenvalue weighted by atomic mass is 32.1. The summed E-state index contributed by atoms with van der Waals surface area (Å²) in [5.41, 5.74) is 2.92. The van der Waals surface area contributed by atoms with Crippen molar-refractivity contribution in [3.05, 3.63) is 47.3 Å². The molecular weight excluding hydrogens is 346 g/mol. The molecule has 7 heteroatoms. The number of rotatable bonds is 4. The van der Waals surface area contributed by atoms with E-state index in [2.05, 4.69) is 57.7 Å². The molecule has 0 unspecified atom stereocenters. The van der Waals surface area contributed by atoms with Crippen molar-refractivity contribution < 1.29 is 4.52 Å². The summed E-state index contributed by atoms with van der Waals surface area (Å²) in [6, 6.07) is 16.0. The molecule has 3 heterocycles. The van der Waals surface area contributed by atoms with Crippen LogP contribution in [0.2, 0.25) is 0 Å². The molecule has 0 atom stereocenters. The summed E-state index contributed by atoms with van der Waals surface area (Å²) in [5.74, 6) is 0.583. The number of thiophene rings is 1. The van der Waals surface area contributed by atoms with Crippen LogP contribution in [-0.2, 0) is 0 Å². The topological polar surface area (TPSA) is 68.3 Å². The molecule has 132 valence electrons. The van der Waals surface area contributed by atoms with Crippen LogP contribution < -0.4 is 10.2 Å². The molecule has 1 aliphatic heterocycles. The number of piperazine rings is 1. The molecule has 0 aliphatic carbocycles. The third-order valence-corrected chi connectivity index (χ3v) is 5.49. The molecule has 0 spiro atoms. The second kappa shape index (κ2) is 7.20. The van der Waals surface area contributed by atoms with Gasteiger partial charge in [0.1, 0.15) is 16.6 Å². The Kier molecular flexibility index (Phi) is 4.61. The van der Waals surface area contributed by atoms with E-state index in [-0.39, 0.29) is 0 Å². The minimum atomic E-state index is 0.583. The van der Waals surface area contributed by atoms with Gasteiger partial charge in [0.2, 0.25) is 5.88 Å². The van der Waals surface area contributed by atoms with Crippen LogP contribution in [0.1, 0.15) is 4.88 Å². The molecule has 0 radical (unpaired) electrons. The number of benzene rings is 1. The smallest absolute Gasteiger partial charge is 0.229 e. The van der Waals surface area contributed by atoms with Crippen molar-refractivity contribution in [1.29, 1.82) is 5.26 Å². The first-order valence-electron chi connectivity index (χ1n) is 8.49. The van der Waals surface area contributed by atoms with Crippen LogP contribution in [0, 0.1) is 11.3 Å². The van der Waals surface area contributed by atoms with Crippen LogP contribution in [0.4, 0.5) is 17.3 Å². The zero-order valence-electron chi connectivity index (χ0n) is 14.5. The van der Waals surface area contributed by atoms with Crippen molar-refractivity contribution in [2.75, 3.05) is 43.4 Å². The van der Waals surface area contributed by atoms with Crippen LogP contribution in [0.3, 0.4) is 0 Å². The number of nitriles is 1. The lowest BCUT2D eigenvalue weighted by Gasteiger charge is -2.34. The average molecular weight is 365 g/mol. The molecule has 1 fully saturated rings. The fourth-order valence-electron chi connectivity index (χ4n) is 2.95. The second-order valence-corrected chi connectivity index (χ2v) is 7.40. The molecule has 0 amide bonds. The van der Waals surface area contributed by atoms with E-state index in [0.717, 1.165) is 42.4 Å². The van der Waals surface area contributed by atoms with Crippen LogP contribution >= 0.6 is 11.3 Å². The van der Waals surface area contributed by atoms with E-state index < -0.39 is 0 Å². The minimum Gasteiger partial charge on any atom is -0.369 e. The van der Waals surface area contributed by atoms with Crippen molar-refractivity contribution >= 4 is 28.6 Å². The van der Waals surface area contributed by atoms with Crippen molar-refractivity contribution in [2.45, 2.75) is 0 Å². The van der Waals surface area contributed by atoms with Crippen LogP contribution in [-0.4, -0.2) is 43.3 Å². The molecular formula is C19H19N5OS. The van der Waals surface area contributed by atoms with Gasteiger partial charge in [0.15, 0.2) is 0 Å². The summed E-state index contributed by atoms with van der Waals surface area (Å²) in [7, 11) is 2.16. The number of nitrogens with zero attached hydrogens (tertiary/aromatic N) is 4. The fourth-order valence-corrected chi connectivity index (χ4v) is 3.70. The summed E-state index contributed by atoms with van der Waals surface area (Å²) in [6.45, 7) is 4.30. The summed E-state index contributed by atoms with van der Waals surface area (Å²) in [6.07, 6.45) is 0. The van der Waals surface area contributed by atoms with E-state index in [1.54, 1.807) is 6.07 Å². The molecule has 1 N–H and O–H groups in total. The highest BCUT2D eigenvalue weighted by Gasteiger charge is 2.14. The normalized spacial score (nSPS) is 15.0. The number of hydrogen-bond acceptors (Lipinski definition) is 7. The van der Waals surface area contributed by atoms with Gasteiger partial charge in [0.25, 0.3) is 0 Å². The zero-order valence-corrected chi connectivity index (χ0v) is 15.3. The molecule has 3 aromatic rings.